The number of nitrogens with two attached hydrogens (primary N) is 1. The van der Waals surface area contributed by atoms with E-state index in [1.807, 2.05) is 29.6 Å². The van der Waals surface area contributed by atoms with Crippen LogP contribution in [0.5, 0.6) is 0 Å². The lowest BCUT2D eigenvalue weighted by atomic mass is 10.0. The first-order valence-corrected chi connectivity index (χ1v) is 10.3. The third-order valence-electron chi connectivity index (χ3n) is 4.90. The van der Waals surface area contributed by atoms with Crippen molar-refractivity contribution in [3.63, 3.8) is 0 Å². The monoisotopic (exact) mass is 491 g/mol. The normalized spacial score (nSPS) is 13.3. The van der Waals surface area contributed by atoms with Crippen molar-refractivity contribution in [2.75, 3.05) is 6.54 Å². The zero-order valence-electron chi connectivity index (χ0n) is 18.3. The standard InChI is InChI=1S/C21H25N5O9/c22-12(5-10-8-23-13-4-2-1-3-11(10)13)19(32)26-14(6-17(28)29)20(33)24-9-16(27)25-15(21(34)35)7-18(30)31/h1-4,8,12,14-15,23H,5-7,9,22H2,(H,24,33)(H,25,27)(H,26,32)(H,28,29)(H,30,31)(H,34,35). The highest BCUT2D eigenvalue weighted by atomic mass is 16.4. The second-order valence-corrected chi connectivity index (χ2v) is 7.60. The summed E-state index contributed by atoms with van der Waals surface area (Å²) in [4.78, 5) is 72.7. The molecule has 0 aliphatic carbocycles. The molecule has 0 fully saturated rings. The maximum absolute atomic E-state index is 12.5. The van der Waals surface area contributed by atoms with Crippen molar-refractivity contribution in [1.29, 1.82) is 0 Å². The molecule has 2 aromatic rings. The van der Waals surface area contributed by atoms with E-state index < -0.39 is 73.1 Å². The molecule has 3 atom stereocenters. The number of nitrogens with one attached hydrogen (secondary N) is 4. The average Bonchev–Trinajstić information content (AvgIpc) is 3.18. The number of H-pyrrole nitrogens is 1. The highest BCUT2D eigenvalue weighted by molar-refractivity contribution is 5.95. The third-order valence-corrected chi connectivity index (χ3v) is 4.90. The van der Waals surface area contributed by atoms with Gasteiger partial charge in [0.05, 0.1) is 25.4 Å². The van der Waals surface area contributed by atoms with E-state index in [9.17, 15) is 28.8 Å². The average molecular weight is 491 g/mol. The van der Waals surface area contributed by atoms with E-state index in [1.165, 1.54) is 0 Å². The summed E-state index contributed by atoms with van der Waals surface area (Å²) in [5, 5.41) is 33.8. The van der Waals surface area contributed by atoms with E-state index in [-0.39, 0.29) is 6.42 Å². The number of aromatic nitrogens is 1. The van der Waals surface area contributed by atoms with Gasteiger partial charge in [0, 0.05) is 17.1 Å². The second-order valence-electron chi connectivity index (χ2n) is 7.60. The van der Waals surface area contributed by atoms with Crippen molar-refractivity contribution in [3.8, 4) is 0 Å². The number of hydrogen-bond donors (Lipinski definition) is 8. The fraction of sp³-hybridized carbons (Fsp3) is 0.333. The van der Waals surface area contributed by atoms with E-state index in [0.29, 0.717) is 0 Å². The predicted molar refractivity (Wildman–Crippen MR) is 119 cm³/mol. The minimum absolute atomic E-state index is 0.0970. The molecule has 0 saturated carbocycles. The van der Waals surface area contributed by atoms with E-state index in [0.717, 1.165) is 16.5 Å². The van der Waals surface area contributed by atoms with E-state index in [4.69, 9.17) is 21.1 Å². The van der Waals surface area contributed by atoms with Gasteiger partial charge in [0.1, 0.15) is 12.1 Å². The van der Waals surface area contributed by atoms with Gasteiger partial charge < -0.3 is 42.0 Å². The van der Waals surface area contributed by atoms with Crippen LogP contribution >= 0.6 is 0 Å². The molecule has 188 valence electrons. The zero-order valence-corrected chi connectivity index (χ0v) is 18.3. The number of para-hydroxylation sites is 1. The summed E-state index contributed by atoms with van der Waals surface area (Å²) < 4.78 is 0. The molecule has 0 spiro atoms. The van der Waals surface area contributed by atoms with Crippen molar-refractivity contribution in [2.45, 2.75) is 37.4 Å². The van der Waals surface area contributed by atoms with Crippen molar-refractivity contribution in [2.24, 2.45) is 5.73 Å². The molecule has 1 heterocycles. The number of carboxylic acids is 3. The SMILES string of the molecule is NC(Cc1c[nH]c2ccccc12)C(=O)NC(CC(=O)O)C(=O)NCC(=O)NC(CC(=O)O)C(=O)O. The Morgan fingerprint density at radius 1 is 0.886 bits per heavy atom. The Labute approximate surface area is 197 Å². The fourth-order valence-electron chi connectivity index (χ4n) is 3.20. The van der Waals surface area contributed by atoms with Crippen molar-refractivity contribution in [3.05, 3.63) is 36.0 Å². The Morgan fingerprint density at radius 2 is 1.51 bits per heavy atom. The van der Waals surface area contributed by atoms with Gasteiger partial charge in [-0.1, -0.05) is 18.2 Å². The van der Waals surface area contributed by atoms with Crippen LogP contribution in [0.2, 0.25) is 0 Å². The minimum atomic E-state index is -1.73. The van der Waals surface area contributed by atoms with Crippen molar-refractivity contribution >= 4 is 46.5 Å². The van der Waals surface area contributed by atoms with Crippen LogP contribution in [-0.4, -0.2) is 80.6 Å². The van der Waals surface area contributed by atoms with Crippen LogP contribution in [0, 0.1) is 0 Å². The number of aromatic amines is 1. The lowest BCUT2D eigenvalue weighted by molar-refractivity contribution is -0.147. The molecule has 35 heavy (non-hydrogen) atoms. The zero-order chi connectivity index (χ0) is 26.1. The Kier molecular flexibility index (Phi) is 9.28. The van der Waals surface area contributed by atoms with E-state index in [1.54, 1.807) is 6.20 Å². The van der Waals surface area contributed by atoms with Crippen LogP contribution in [0.25, 0.3) is 10.9 Å². The second kappa shape index (κ2) is 12.1. The molecular formula is C21H25N5O9. The number of carbonyl (C=O) groups excluding carboxylic acids is 3. The van der Waals surface area contributed by atoms with Gasteiger partial charge in [0.15, 0.2) is 0 Å². The molecule has 1 aromatic carbocycles. The summed E-state index contributed by atoms with van der Waals surface area (Å²) >= 11 is 0. The Balaban J connectivity index is 1.96. The van der Waals surface area contributed by atoms with Crippen molar-refractivity contribution in [1.82, 2.24) is 20.9 Å². The first-order valence-electron chi connectivity index (χ1n) is 10.3. The van der Waals surface area contributed by atoms with Crippen LogP contribution in [0.4, 0.5) is 0 Å². The molecule has 9 N–H and O–H groups in total. The van der Waals surface area contributed by atoms with Gasteiger partial charge in [-0.3, -0.25) is 24.0 Å². The van der Waals surface area contributed by atoms with Gasteiger partial charge in [-0.2, -0.15) is 0 Å². The summed E-state index contributed by atoms with van der Waals surface area (Å²) in [7, 11) is 0. The molecule has 3 amide bonds. The van der Waals surface area contributed by atoms with Crippen LogP contribution in [0.1, 0.15) is 18.4 Å². The Bertz CT molecular complexity index is 1130. The minimum Gasteiger partial charge on any atom is -0.481 e. The van der Waals surface area contributed by atoms with Crippen LogP contribution in [-0.2, 0) is 35.2 Å². The molecule has 0 radical (unpaired) electrons. The maximum Gasteiger partial charge on any atom is 0.326 e. The van der Waals surface area contributed by atoms with Gasteiger partial charge in [-0.15, -0.1) is 0 Å². The van der Waals surface area contributed by atoms with Gasteiger partial charge >= 0.3 is 17.9 Å². The van der Waals surface area contributed by atoms with Gasteiger partial charge in [0.25, 0.3) is 0 Å². The lowest BCUT2D eigenvalue weighted by Crippen LogP contribution is -2.54. The topological polar surface area (TPSA) is 241 Å². The van der Waals surface area contributed by atoms with Gasteiger partial charge in [-0.05, 0) is 18.1 Å². The third kappa shape index (κ3) is 8.12. The number of amides is 3. The van der Waals surface area contributed by atoms with Crippen LogP contribution < -0.4 is 21.7 Å². The number of benzene rings is 1. The molecule has 0 aliphatic rings. The highest BCUT2D eigenvalue weighted by Crippen LogP contribution is 2.18. The molecule has 0 saturated heterocycles. The van der Waals surface area contributed by atoms with Crippen LogP contribution in [0.3, 0.4) is 0 Å². The summed E-state index contributed by atoms with van der Waals surface area (Å²) in [6, 6.07) is 2.91. The first kappa shape index (κ1) is 26.8. The number of aliphatic carboxylic acids is 3. The number of hydrogen-bond acceptors (Lipinski definition) is 7. The molecule has 14 heteroatoms. The largest absolute Gasteiger partial charge is 0.481 e. The Hall–Kier alpha value is -4.46. The van der Waals surface area contributed by atoms with Crippen LogP contribution in [0.15, 0.2) is 30.5 Å². The Morgan fingerprint density at radius 3 is 2.14 bits per heavy atom. The summed E-state index contributed by atoms with van der Waals surface area (Å²) in [5.74, 6) is -7.31. The first-order chi connectivity index (χ1) is 16.5. The summed E-state index contributed by atoms with van der Waals surface area (Å²) in [6.45, 7) is -0.782. The number of rotatable bonds is 13. The maximum atomic E-state index is 12.5. The van der Waals surface area contributed by atoms with Crippen molar-refractivity contribution < 1.29 is 44.1 Å². The molecule has 0 bridgehead atoms. The van der Waals surface area contributed by atoms with Gasteiger partial charge in [-0.25, -0.2) is 4.79 Å². The summed E-state index contributed by atoms with van der Waals surface area (Å²) in [5.41, 5.74) is 7.53. The molecule has 0 aliphatic heterocycles. The molecule has 14 nitrogen and oxygen atoms in total. The fourth-order valence-corrected chi connectivity index (χ4v) is 3.20. The lowest BCUT2D eigenvalue weighted by Gasteiger charge is -2.19. The smallest absolute Gasteiger partial charge is 0.326 e. The van der Waals surface area contributed by atoms with Gasteiger partial charge in [0.2, 0.25) is 17.7 Å². The molecule has 2 rings (SSSR count). The molecule has 1 aromatic heterocycles. The predicted octanol–water partition coefficient (Wildman–Crippen LogP) is -1.84. The summed E-state index contributed by atoms with van der Waals surface area (Å²) in [6.07, 6.45) is 0.0865. The van der Waals surface area contributed by atoms with E-state index >= 15 is 0 Å². The molecular weight excluding hydrogens is 466 g/mol. The highest BCUT2D eigenvalue weighted by Gasteiger charge is 2.28. The number of carbonyl (C=O) groups is 6. The van der Waals surface area contributed by atoms with E-state index in [2.05, 4.69) is 15.6 Å². The quantitative estimate of drug-likeness (QED) is 0.156. The number of carboxylic acid groups (broad SMARTS) is 3. The molecule has 3 unspecified atom stereocenters. The number of fused-ring (bicyclic) bond motifs is 1.